The van der Waals surface area contributed by atoms with Crippen LogP contribution in [0.5, 0.6) is 5.75 Å². The average molecular weight is 294 g/mol. The number of nitrogens with zero attached hydrogens (tertiary/aromatic N) is 2. The minimum absolute atomic E-state index is 0.0411. The fraction of sp³-hybridized carbons (Fsp3) is 0.357. The zero-order valence-electron chi connectivity index (χ0n) is 11.9. The van der Waals surface area contributed by atoms with Crippen LogP contribution in [-0.4, -0.2) is 21.2 Å². The van der Waals surface area contributed by atoms with Crippen LogP contribution in [0, 0.1) is 5.82 Å². The standard InChI is InChI=1S/C14H15FN2O4/c1-14(2,3)13-16-11(21-17-13)7-20-10-5-4-8(15)6-9(10)12(18)19/h4-6H,7H2,1-3H3,(H,18,19). The van der Waals surface area contributed by atoms with E-state index in [4.69, 9.17) is 14.4 Å². The molecule has 1 aromatic carbocycles. The van der Waals surface area contributed by atoms with E-state index in [1.54, 1.807) is 0 Å². The second-order valence-corrected chi connectivity index (χ2v) is 5.50. The van der Waals surface area contributed by atoms with E-state index in [0.717, 1.165) is 12.1 Å². The quantitative estimate of drug-likeness (QED) is 0.933. The van der Waals surface area contributed by atoms with E-state index in [-0.39, 0.29) is 29.2 Å². The largest absolute Gasteiger partial charge is 0.483 e. The molecule has 0 bridgehead atoms. The Balaban J connectivity index is 2.13. The van der Waals surface area contributed by atoms with Crippen LogP contribution in [-0.2, 0) is 12.0 Å². The number of hydrogen-bond donors (Lipinski definition) is 1. The number of carbonyl (C=O) groups is 1. The van der Waals surface area contributed by atoms with Crippen LogP contribution in [0.4, 0.5) is 4.39 Å². The van der Waals surface area contributed by atoms with E-state index in [0.29, 0.717) is 5.82 Å². The Morgan fingerprint density at radius 3 is 2.71 bits per heavy atom. The van der Waals surface area contributed by atoms with Crippen LogP contribution < -0.4 is 4.74 Å². The number of benzene rings is 1. The van der Waals surface area contributed by atoms with E-state index >= 15 is 0 Å². The fourth-order valence-corrected chi connectivity index (χ4v) is 1.55. The highest BCUT2D eigenvalue weighted by atomic mass is 19.1. The minimum Gasteiger partial charge on any atom is -0.483 e. The van der Waals surface area contributed by atoms with Crippen molar-refractivity contribution in [1.82, 2.24) is 10.1 Å². The Bertz CT molecular complexity index is 661. The minimum atomic E-state index is -1.27. The molecule has 1 N–H and O–H groups in total. The molecule has 7 heteroatoms. The fourth-order valence-electron chi connectivity index (χ4n) is 1.55. The molecule has 0 aliphatic heterocycles. The predicted octanol–water partition coefficient (Wildman–Crippen LogP) is 2.78. The van der Waals surface area contributed by atoms with Crippen molar-refractivity contribution in [2.75, 3.05) is 0 Å². The Morgan fingerprint density at radius 2 is 2.14 bits per heavy atom. The number of hydrogen-bond acceptors (Lipinski definition) is 5. The second-order valence-electron chi connectivity index (χ2n) is 5.50. The predicted molar refractivity (Wildman–Crippen MR) is 70.7 cm³/mol. The first kappa shape index (κ1) is 15.0. The normalized spacial score (nSPS) is 11.4. The van der Waals surface area contributed by atoms with Crippen molar-refractivity contribution in [1.29, 1.82) is 0 Å². The smallest absolute Gasteiger partial charge is 0.339 e. The van der Waals surface area contributed by atoms with Gasteiger partial charge in [0.05, 0.1) is 0 Å². The van der Waals surface area contributed by atoms with Crippen LogP contribution in [0.3, 0.4) is 0 Å². The van der Waals surface area contributed by atoms with Crippen LogP contribution in [0.1, 0.15) is 42.8 Å². The molecule has 2 rings (SSSR count). The Kier molecular flexibility index (Phi) is 3.93. The molecule has 1 heterocycles. The van der Waals surface area contributed by atoms with Crippen LogP contribution in [0.15, 0.2) is 22.7 Å². The third kappa shape index (κ3) is 3.56. The molecule has 0 radical (unpaired) electrons. The number of aromatic nitrogens is 2. The highest BCUT2D eigenvalue weighted by Gasteiger charge is 2.21. The molecule has 0 aliphatic carbocycles. The van der Waals surface area contributed by atoms with E-state index in [2.05, 4.69) is 10.1 Å². The van der Waals surface area contributed by atoms with Gasteiger partial charge in [-0.15, -0.1) is 0 Å². The lowest BCUT2D eigenvalue weighted by molar-refractivity contribution is 0.0690. The van der Waals surface area contributed by atoms with Gasteiger partial charge in [0.1, 0.15) is 17.1 Å². The van der Waals surface area contributed by atoms with Gasteiger partial charge in [-0.05, 0) is 18.2 Å². The lowest BCUT2D eigenvalue weighted by Crippen LogP contribution is -2.13. The summed E-state index contributed by atoms with van der Waals surface area (Å²) in [6, 6.07) is 3.27. The van der Waals surface area contributed by atoms with Crippen molar-refractivity contribution in [2.24, 2.45) is 0 Å². The topological polar surface area (TPSA) is 85.5 Å². The SMILES string of the molecule is CC(C)(C)c1noc(COc2ccc(F)cc2C(=O)O)n1. The molecule has 0 spiro atoms. The zero-order valence-corrected chi connectivity index (χ0v) is 11.9. The van der Waals surface area contributed by atoms with E-state index in [1.165, 1.54) is 6.07 Å². The number of halogens is 1. The maximum absolute atomic E-state index is 13.0. The lowest BCUT2D eigenvalue weighted by Gasteiger charge is -2.11. The van der Waals surface area contributed by atoms with Gasteiger partial charge in [-0.3, -0.25) is 0 Å². The van der Waals surface area contributed by atoms with Crippen LogP contribution in [0.25, 0.3) is 0 Å². The maximum Gasteiger partial charge on any atom is 0.339 e. The number of carboxylic acid groups (broad SMARTS) is 1. The third-order valence-electron chi connectivity index (χ3n) is 2.66. The van der Waals surface area contributed by atoms with Gasteiger partial charge in [0.15, 0.2) is 12.4 Å². The molecule has 6 nitrogen and oxygen atoms in total. The maximum atomic E-state index is 13.0. The summed E-state index contributed by atoms with van der Waals surface area (Å²) in [5, 5.41) is 12.8. The number of rotatable bonds is 4. The Morgan fingerprint density at radius 1 is 1.43 bits per heavy atom. The number of aromatic carboxylic acids is 1. The number of carboxylic acids is 1. The molecule has 2 aromatic rings. The van der Waals surface area contributed by atoms with Gasteiger partial charge >= 0.3 is 5.97 Å². The van der Waals surface area contributed by atoms with E-state index in [9.17, 15) is 9.18 Å². The number of ether oxygens (including phenoxy) is 1. The molecule has 0 saturated heterocycles. The molecule has 112 valence electrons. The van der Waals surface area contributed by atoms with Crippen LogP contribution >= 0.6 is 0 Å². The summed E-state index contributed by atoms with van der Waals surface area (Å²) in [6.07, 6.45) is 0. The summed E-state index contributed by atoms with van der Waals surface area (Å²) in [4.78, 5) is 15.2. The third-order valence-corrected chi connectivity index (χ3v) is 2.66. The zero-order chi connectivity index (χ0) is 15.6. The Hall–Kier alpha value is -2.44. The summed E-state index contributed by atoms with van der Waals surface area (Å²) in [6.45, 7) is 5.72. The average Bonchev–Trinajstić information content (AvgIpc) is 2.85. The van der Waals surface area contributed by atoms with Crippen LogP contribution in [0.2, 0.25) is 0 Å². The van der Waals surface area contributed by atoms with E-state index in [1.807, 2.05) is 20.8 Å². The van der Waals surface area contributed by atoms with Gasteiger partial charge in [0.2, 0.25) is 0 Å². The van der Waals surface area contributed by atoms with Crippen molar-refractivity contribution in [3.63, 3.8) is 0 Å². The molecule has 0 amide bonds. The first-order chi connectivity index (χ1) is 9.77. The first-order valence-corrected chi connectivity index (χ1v) is 6.26. The molecule has 21 heavy (non-hydrogen) atoms. The van der Waals surface area contributed by atoms with Gasteiger partial charge < -0.3 is 14.4 Å². The van der Waals surface area contributed by atoms with Gasteiger partial charge in [-0.25, -0.2) is 9.18 Å². The summed E-state index contributed by atoms with van der Waals surface area (Å²) in [7, 11) is 0. The Labute approximate surface area is 120 Å². The van der Waals surface area contributed by atoms with Crippen molar-refractivity contribution in [3.8, 4) is 5.75 Å². The van der Waals surface area contributed by atoms with E-state index < -0.39 is 11.8 Å². The lowest BCUT2D eigenvalue weighted by atomic mass is 9.96. The van der Waals surface area contributed by atoms with Gasteiger partial charge in [0.25, 0.3) is 5.89 Å². The highest BCUT2D eigenvalue weighted by molar-refractivity contribution is 5.90. The van der Waals surface area contributed by atoms with Gasteiger partial charge in [-0.2, -0.15) is 4.98 Å². The summed E-state index contributed by atoms with van der Waals surface area (Å²) in [5.41, 5.74) is -0.519. The molecule has 0 atom stereocenters. The highest BCUT2D eigenvalue weighted by Crippen LogP contribution is 2.22. The molecule has 0 fully saturated rings. The summed E-state index contributed by atoms with van der Waals surface area (Å²) in [5.74, 6) is -1.13. The van der Waals surface area contributed by atoms with Gasteiger partial charge in [0, 0.05) is 5.41 Å². The molecular weight excluding hydrogens is 279 g/mol. The van der Waals surface area contributed by atoms with Crippen molar-refractivity contribution in [2.45, 2.75) is 32.8 Å². The van der Waals surface area contributed by atoms with Crippen molar-refractivity contribution < 1.29 is 23.6 Å². The molecule has 1 aromatic heterocycles. The first-order valence-electron chi connectivity index (χ1n) is 6.26. The summed E-state index contributed by atoms with van der Waals surface area (Å²) < 4.78 is 23.4. The van der Waals surface area contributed by atoms with Gasteiger partial charge in [-0.1, -0.05) is 25.9 Å². The molecular formula is C14H15FN2O4. The summed E-state index contributed by atoms with van der Waals surface area (Å²) >= 11 is 0. The molecule has 0 unspecified atom stereocenters. The van der Waals surface area contributed by atoms with Crippen molar-refractivity contribution >= 4 is 5.97 Å². The second kappa shape index (κ2) is 5.51. The molecule has 0 saturated carbocycles. The molecule has 0 aliphatic rings. The monoisotopic (exact) mass is 294 g/mol. The van der Waals surface area contributed by atoms with Crippen molar-refractivity contribution in [3.05, 3.63) is 41.3 Å².